The number of carbonyl (C=O) groups is 1. The first-order chi connectivity index (χ1) is 10.7. The molecule has 2 atom stereocenters. The first-order valence-corrected chi connectivity index (χ1v) is 7.81. The fourth-order valence-electron chi connectivity index (χ4n) is 3.27. The standard InChI is InChI=1S/C16H23N3O3/c1-11-3-2-6-19(13(11)8-17)9-16(20)18-12-4-5-14-15(7-12)22-10-21-14/h4-5,7,11,13H,2-3,6,8-10,17H2,1H3,(H,18,20). The van der Waals surface area contributed by atoms with Crippen molar-refractivity contribution in [1.82, 2.24) is 4.90 Å². The van der Waals surface area contributed by atoms with Crippen LogP contribution >= 0.6 is 0 Å². The van der Waals surface area contributed by atoms with Crippen LogP contribution in [0.2, 0.25) is 0 Å². The zero-order chi connectivity index (χ0) is 15.5. The predicted octanol–water partition coefficient (Wildman–Crippen LogP) is 1.41. The zero-order valence-electron chi connectivity index (χ0n) is 12.9. The summed E-state index contributed by atoms with van der Waals surface area (Å²) >= 11 is 0. The number of ether oxygens (including phenoxy) is 2. The molecule has 6 heteroatoms. The van der Waals surface area contributed by atoms with Crippen LogP contribution in [0.1, 0.15) is 19.8 Å². The molecule has 0 bridgehead atoms. The molecule has 0 aromatic heterocycles. The highest BCUT2D eigenvalue weighted by atomic mass is 16.7. The largest absolute Gasteiger partial charge is 0.454 e. The van der Waals surface area contributed by atoms with E-state index in [4.69, 9.17) is 15.2 Å². The molecule has 1 aromatic carbocycles. The smallest absolute Gasteiger partial charge is 0.238 e. The van der Waals surface area contributed by atoms with E-state index >= 15 is 0 Å². The van der Waals surface area contributed by atoms with E-state index in [-0.39, 0.29) is 18.7 Å². The molecule has 1 saturated heterocycles. The summed E-state index contributed by atoms with van der Waals surface area (Å²) in [4.78, 5) is 14.5. The van der Waals surface area contributed by atoms with Crippen LogP contribution in [0.15, 0.2) is 18.2 Å². The summed E-state index contributed by atoms with van der Waals surface area (Å²) < 4.78 is 10.6. The minimum absolute atomic E-state index is 0.0218. The number of hydrogen-bond acceptors (Lipinski definition) is 5. The molecule has 0 saturated carbocycles. The zero-order valence-corrected chi connectivity index (χ0v) is 12.9. The van der Waals surface area contributed by atoms with Gasteiger partial charge in [-0.15, -0.1) is 0 Å². The fourth-order valence-corrected chi connectivity index (χ4v) is 3.27. The number of nitrogens with two attached hydrogens (primary N) is 1. The normalized spacial score (nSPS) is 24.3. The van der Waals surface area contributed by atoms with Gasteiger partial charge in [-0.1, -0.05) is 6.92 Å². The van der Waals surface area contributed by atoms with Crippen molar-refractivity contribution < 1.29 is 14.3 Å². The maximum Gasteiger partial charge on any atom is 0.238 e. The Bertz CT molecular complexity index is 549. The number of anilines is 1. The molecule has 0 aliphatic carbocycles. The van der Waals surface area contributed by atoms with Gasteiger partial charge >= 0.3 is 0 Å². The number of rotatable bonds is 4. The van der Waals surface area contributed by atoms with Crippen LogP contribution in [0.25, 0.3) is 0 Å². The van der Waals surface area contributed by atoms with E-state index in [1.54, 1.807) is 6.07 Å². The molecule has 2 aliphatic rings. The summed E-state index contributed by atoms with van der Waals surface area (Å²) in [7, 11) is 0. The third-order valence-electron chi connectivity index (χ3n) is 4.48. The molecule has 0 spiro atoms. The van der Waals surface area contributed by atoms with Crippen molar-refractivity contribution >= 4 is 11.6 Å². The Labute approximate surface area is 130 Å². The maximum atomic E-state index is 12.3. The lowest BCUT2D eigenvalue weighted by molar-refractivity contribution is -0.118. The summed E-state index contributed by atoms with van der Waals surface area (Å²) in [5.74, 6) is 1.90. The van der Waals surface area contributed by atoms with E-state index < -0.39 is 0 Å². The van der Waals surface area contributed by atoms with Gasteiger partial charge in [-0.2, -0.15) is 0 Å². The number of carbonyl (C=O) groups excluding carboxylic acids is 1. The lowest BCUT2D eigenvalue weighted by atomic mass is 9.91. The minimum atomic E-state index is -0.0218. The van der Waals surface area contributed by atoms with E-state index in [1.807, 2.05) is 12.1 Å². The van der Waals surface area contributed by atoms with Gasteiger partial charge in [-0.3, -0.25) is 9.69 Å². The monoisotopic (exact) mass is 305 g/mol. The number of nitrogens with zero attached hydrogens (tertiary/aromatic N) is 1. The van der Waals surface area contributed by atoms with Crippen molar-refractivity contribution in [3.05, 3.63) is 18.2 Å². The SMILES string of the molecule is CC1CCCN(CC(=O)Nc2ccc3c(c2)OCO3)C1CN. The van der Waals surface area contributed by atoms with E-state index in [1.165, 1.54) is 6.42 Å². The van der Waals surface area contributed by atoms with Gasteiger partial charge in [0.25, 0.3) is 0 Å². The van der Waals surface area contributed by atoms with Gasteiger partial charge in [0.15, 0.2) is 11.5 Å². The lowest BCUT2D eigenvalue weighted by Gasteiger charge is -2.38. The predicted molar refractivity (Wildman–Crippen MR) is 84.0 cm³/mol. The van der Waals surface area contributed by atoms with Crippen LogP contribution < -0.4 is 20.5 Å². The first-order valence-electron chi connectivity index (χ1n) is 7.81. The minimum Gasteiger partial charge on any atom is -0.454 e. The maximum absolute atomic E-state index is 12.3. The average molecular weight is 305 g/mol. The van der Waals surface area contributed by atoms with Crippen LogP contribution in [0.5, 0.6) is 11.5 Å². The topological polar surface area (TPSA) is 76.8 Å². The second-order valence-electron chi connectivity index (χ2n) is 6.01. The molecule has 2 unspecified atom stereocenters. The quantitative estimate of drug-likeness (QED) is 0.879. The van der Waals surface area contributed by atoms with Crippen molar-refractivity contribution in [3.63, 3.8) is 0 Å². The van der Waals surface area contributed by atoms with Crippen molar-refractivity contribution in [1.29, 1.82) is 0 Å². The van der Waals surface area contributed by atoms with Gasteiger partial charge < -0.3 is 20.5 Å². The molecule has 2 heterocycles. The van der Waals surface area contributed by atoms with Crippen molar-refractivity contribution in [3.8, 4) is 11.5 Å². The molecule has 3 rings (SSSR count). The highest BCUT2D eigenvalue weighted by molar-refractivity contribution is 5.92. The summed E-state index contributed by atoms with van der Waals surface area (Å²) in [6.07, 6.45) is 2.30. The summed E-state index contributed by atoms with van der Waals surface area (Å²) in [5.41, 5.74) is 6.60. The molecule has 1 amide bonds. The molecular formula is C16H23N3O3. The highest BCUT2D eigenvalue weighted by Gasteiger charge is 2.28. The molecule has 1 fully saturated rings. The molecule has 3 N–H and O–H groups in total. The molecule has 22 heavy (non-hydrogen) atoms. The van der Waals surface area contributed by atoms with Gasteiger partial charge in [0.2, 0.25) is 12.7 Å². The third kappa shape index (κ3) is 3.18. The van der Waals surface area contributed by atoms with Gasteiger partial charge in [0.1, 0.15) is 0 Å². The van der Waals surface area contributed by atoms with Crippen molar-refractivity contribution in [2.75, 3.05) is 31.7 Å². The second-order valence-corrected chi connectivity index (χ2v) is 6.01. The molecule has 2 aliphatic heterocycles. The van der Waals surface area contributed by atoms with Gasteiger partial charge in [-0.05, 0) is 37.4 Å². The number of hydrogen-bond donors (Lipinski definition) is 2. The Balaban J connectivity index is 1.60. The summed E-state index contributed by atoms with van der Waals surface area (Å²) in [6.45, 7) is 4.34. The molecule has 1 aromatic rings. The second kappa shape index (κ2) is 6.54. The Morgan fingerprint density at radius 1 is 1.41 bits per heavy atom. The van der Waals surface area contributed by atoms with Crippen LogP contribution in [-0.4, -0.2) is 43.3 Å². The highest BCUT2D eigenvalue weighted by Crippen LogP contribution is 2.34. The van der Waals surface area contributed by atoms with Crippen LogP contribution in [0.4, 0.5) is 5.69 Å². The Morgan fingerprint density at radius 3 is 3.05 bits per heavy atom. The van der Waals surface area contributed by atoms with Gasteiger partial charge in [0, 0.05) is 24.3 Å². The van der Waals surface area contributed by atoms with Crippen LogP contribution in [0.3, 0.4) is 0 Å². The number of likely N-dealkylation sites (tertiary alicyclic amines) is 1. The molecule has 0 radical (unpaired) electrons. The van der Waals surface area contributed by atoms with E-state index in [0.717, 1.165) is 18.7 Å². The van der Waals surface area contributed by atoms with E-state index in [9.17, 15) is 4.79 Å². The molecular weight excluding hydrogens is 282 g/mol. The Kier molecular flexibility index (Phi) is 4.49. The van der Waals surface area contributed by atoms with Crippen LogP contribution in [0, 0.1) is 5.92 Å². The van der Waals surface area contributed by atoms with E-state index in [2.05, 4.69) is 17.1 Å². The number of benzene rings is 1. The van der Waals surface area contributed by atoms with E-state index in [0.29, 0.717) is 30.5 Å². The summed E-state index contributed by atoms with van der Waals surface area (Å²) in [5, 5.41) is 2.92. The van der Waals surface area contributed by atoms with Gasteiger partial charge in [-0.25, -0.2) is 0 Å². The number of amides is 1. The molecule has 6 nitrogen and oxygen atoms in total. The van der Waals surface area contributed by atoms with Gasteiger partial charge in [0.05, 0.1) is 6.54 Å². The first kappa shape index (κ1) is 15.1. The number of fused-ring (bicyclic) bond motifs is 1. The number of nitrogens with one attached hydrogen (secondary N) is 1. The Hall–Kier alpha value is -1.79. The number of piperidine rings is 1. The van der Waals surface area contributed by atoms with Crippen LogP contribution in [-0.2, 0) is 4.79 Å². The summed E-state index contributed by atoms with van der Waals surface area (Å²) in [6, 6.07) is 5.71. The lowest BCUT2D eigenvalue weighted by Crippen LogP contribution is -2.51. The van der Waals surface area contributed by atoms with Crippen molar-refractivity contribution in [2.45, 2.75) is 25.8 Å². The fraction of sp³-hybridized carbons (Fsp3) is 0.562. The average Bonchev–Trinajstić information content (AvgIpc) is 2.95. The Morgan fingerprint density at radius 2 is 2.23 bits per heavy atom. The molecule has 120 valence electrons. The van der Waals surface area contributed by atoms with Crippen molar-refractivity contribution in [2.24, 2.45) is 11.7 Å². The third-order valence-corrected chi connectivity index (χ3v) is 4.48.